The summed E-state index contributed by atoms with van der Waals surface area (Å²) in [7, 11) is 0. The monoisotopic (exact) mass is 192 g/mol. The number of nitrogens with two attached hydrogens (primary N) is 1. The number of aromatic nitrogens is 1. The number of nitrogen functional groups attached to an aromatic ring is 1. The summed E-state index contributed by atoms with van der Waals surface area (Å²) in [4.78, 5) is 4.00. The van der Waals surface area contributed by atoms with Crippen molar-refractivity contribution in [3.8, 4) is 0 Å². The van der Waals surface area contributed by atoms with Gasteiger partial charge in [0, 0.05) is 6.20 Å². The standard InChI is InChI=1S/C10H14N2.C2H6/c1-7(2)6-9-4-5-12-10(11)8(9)3;1-2/h4-6H,1-3H3,(H2,11,12);1-2H3. The Labute approximate surface area is 86.9 Å². The van der Waals surface area contributed by atoms with Crippen LogP contribution in [0.5, 0.6) is 0 Å². The van der Waals surface area contributed by atoms with Crippen LogP contribution in [-0.2, 0) is 0 Å². The van der Waals surface area contributed by atoms with E-state index < -0.39 is 0 Å². The quantitative estimate of drug-likeness (QED) is 0.740. The maximum Gasteiger partial charge on any atom is 0.126 e. The molecule has 1 aromatic rings. The van der Waals surface area contributed by atoms with Crippen molar-refractivity contribution in [3.63, 3.8) is 0 Å². The molecular weight excluding hydrogens is 172 g/mol. The molecule has 2 heteroatoms. The number of pyridine rings is 1. The van der Waals surface area contributed by atoms with Crippen molar-refractivity contribution in [2.24, 2.45) is 0 Å². The smallest absolute Gasteiger partial charge is 0.126 e. The zero-order valence-corrected chi connectivity index (χ0v) is 9.76. The van der Waals surface area contributed by atoms with Gasteiger partial charge in [-0.1, -0.05) is 25.5 Å². The van der Waals surface area contributed by atoms with E-state index in [1.54, 1.807) is 6.20 Å². The van der Waals surface area contributed by atoms with Gasteiger partial charge in [0.15, 0.2) is 0 Å². The Morgan fingerprint density at radius 2 is 1.93 bits per heavy atom. The van der Waals surface area contributed by atoms with Crippen molar-refractivity contribution in [1.29, 1.82) is 0 Å². The van der Waals surface area contributed by atoms with E-state index in [9.17, 15) is 0 Å². The van der Waals surface area contributed by atoms with Crippen molar-refractivity contribution in [2.75, 3.05) is 5.73 Å². The molecule has 0 aliphatic carbocycles. The molecule has 0 saturated carbocycles. The number of hydrogen-bond donors (Lipinski definition) is 1. The van der Waals surface area contributed by atoms with E-state index in [0.717, 1.165) is 11.1 Å². The average molecular weight is 192 g/mol. The van der Waals surface area contributed by atoms with Crippen LogP contribution in [0.1, 0.15) is 38.8 Å². The first-order valence-electron chi connectivity index (χ1n) is 4.97. The Morgan fingerprint density at radius 3 is 2.43 bits per heavy atom. The van der Waals surface area contributed by atoms with Gasteiger partial charge in [0.2, 0.25) is 0 Å². The van der Waals surface area contributed by atoms with Gasteiger partial charge in [-0.15, -0.1) is 0 Å². The molecule has 1 heterocycles. The Balaban J connectivity index is 0.000000791. The summed E-state index contributed by atoms with van der Waals surface area (Å²) in [6, 6.07) is 1.97. The molecule has 0 spiro atoms. The van der Waals surface area contributed by atoms with E-state index in [1.165, 1.54) is 5.57 Å². The number of rotatable bonds is 1. The molecule has 0 unspecified atom stereocenters. The third-order valence-electron chi connectivity index (χ3n) is 1.73. The molecule has 0 aromatic carbocycles. The molecule has 0 aliphatic rings. The average Bonchev–Trinajstić information content (AvgIpc) is 2.16. The Bertz CT molecular complexity index is 310. The highest BCUT2D eigenvalue weighted by molar-refractivity contribution is 5.60. The van der Waals surface area contributed by atoms with E-state index in [4.69, 9.17) is 5.73 Å². The lowest BCUT2D eigenvalue weighted by Gasteiger charge is -2.02. The molecule has 0 fully saturated rings. The summed E-state index contributed by atoms with van der Waals surface area (Å²) in [5.74, 6) is 0.616. The summed E-state index contributed by atoms with van der Waals surface area (Å²) in [5, 5.41) is 0. The maximum absolute atomic E-state index is 5.66. The zero-order valence-electron chi connectivity index (χ0n) is 9.76. The summed E-state index contributed by atoms with van der Waals surface area (Å²) < 4.78 is 0. The second-order valence-corrected chi connectivity index (χ2v) is 3.13. The highest BCUT2D eigenvalue weighted by Crippen LogP contribution is 2.15. The first-order chi connectivity index (χ1) is 6.61. The minimum Gasteiger partial charge on any atom is -0.383 e. The fourth-order valence-corrected chi connectivity index (χ4v) is 1.03. The first kappa shape index (κ1) is 12.7. The predicted molar refractivity (Wildman–Crippen MR) is 64.1 cm³/mol. The second kappa shape index (κ2) is 6.19. The normalized spacial score (nSPS) is 8.64. The van der Waals surface area contributed by atoms with Gasteiger partial charge < -0.3 is 5.73 Å². The van der Waals surface area contributed by atoms with Gasteiger partial charge in [0.1, 0.15) is 5.82 Å². The van der Waals surface area contributed by atoms with Crippen LogP contribution >= 0.6 is 0 Å². The van der Waals surface area contributed by atoms with Crippen molar-refractivity contribution < 1.29 is 0 Å². The molecule has 14 heavy (non-hydrogen) atoms. The number of hydrogen-bond acceptors (Lipinski definition) is 2. The summed E-state index contributed by atoms with van der Waals surface area (Å²) in [6.07, 6.45) is 3.84. The van der Waals surface area contributed by atoms with Gasteiger partial charge in [-0.05, 0) is 38.0 Å². The van der Waals surface area contributed by atoms with Gasteiger partial charge >= 0.3 is 0 Å². The molecule has 1 aromatic heterocycles. The minimum atomic E-state index is 0.616. The van der Waals surface area contributed by atoms with Crippen molar-refractivity contribution >= 4 is 11.9 Å². The zero-order chi connectivity index (χ0) is 11.1. The molecule has 2 nitrogen and oxygen atoms in total. The third-order valence-corrected chi connectivity index (χ3v) is 1.73. The van der Waals surface area contributed by atoms with Crippen LogP contribution in [0.4, 0.5) is 5.82 Å². The van der Waals surface area contributed by atoms with Crippen LogP contribution in [0, 0.1) is 6.92 Å². The Kier molecular flexibility index (Phi) is 5.61. The summed E-state index contributed by atoms with van der Waals surface area (Å²) in [6.45, 7) is 10.1. The lowest BCUT2D eigenvalue weighted by Crippen LogP contribution is -1.95. The third kappa shape index (κ3) is 3.60. The largest absolute Gasteiger partial charge is 0.383 e. The van der Waals surface area contributed by atoms with Gasteiger partial charge in [-0.3, -0.25) is 0 Å². The van der Waals surface area contributed by atoms with Crippen LogP contribution in [0.25, 0.3) is 6.08 Å². The lowest BCUT2D eigenvalue weighted by atomic mass is 10.1. The molecule has 0 saturated heterocycles. The molecule has 0 bridgehead atoms. The molecule has 0 aliphatic heterocycles. The van der Waals surface area contributed by atoms with Gasteiger partial charge in [0.05, 0.1) is 0 Å². The first-order valence-corrected chi connectivity index (χ1v) is 4.97. The molecule has 0 amide bonds. The van der Waals surface area contributed by atoms with Gasteiger partial charge in [0.25, 0.3) is 0 Å². The van der Waals surface area contributed by atoms with Crippen LogP contribution in [0.2, 0.25) is 0 Å². The molecule has 0 atom stereocenters. The van der Waals surface area contributed by atoms with E-state index in [-0.39, 0.29) is 0 Å². The summed E-state index contributed by atoms with van der Waals surface area (Å²) in [5.41, 5.74) is 9.13. The number of anilines is 1. The minimum absolute atomic E-state index is 0.616. The number of allylic oxidation sites excluding steroid dienone is 1. The Morgan fingerprint density at radius 1 is 1.36 bits per heavy atom. The highest BCUT2D eigenvalue weighted by atomic mass is 14.8. The fraction of sp³-hybridized carbons (Fsp3) is 0.417. The summed E-state index contributed by atoms with van der Waals surface area (Å²) >= 11 is 0. The molecule has 78 valence electrons. The van der Waals surface area contributed by atoms with E-state index in [1.807, 2.05) is 26.8 Å². The SMILES string of the molecule is CC.CC(C)=Cc1ccnc(N)c1C. The highest BCUT2D eigenvalue weighted by Gasteiger charge is 1.98. The van der Waals surface area contributed by atoms with Crippen molar-refractivity contribution in [1.82, 2.24) is 4.98 Å². The van der Waals surface area contributed by atoms with E-state index in [0.29, 0.717) is 5.82 Å². The van der Waals surface area contributed by atoms with Crippen LogP contribution in [0.15, 0.2) is 17.8 Å². The maximum atomic E-state index is 5.66. The van der Waals surface area contributed by atoms with Gasteiger partial charge in [-0.25, -0.2) is 4.98 Å². The van der Waals surface area contributed by atoms with Crippen LogP contribution in [0.3, 0.4) is 0 Å². The Hall–Kier alpha value is -1.31. The van der Waals surface area contributed by atoms with Crippen LogP contribution in [-0.4, -0.2) is 4.98 Å². The molecule has 0 radical (unpaired) electrons. The molecule has 2 N–H and O–H groups in total. The predicted octanol–water partition coefficient (Wildman–Crippen LogP) is 3.42. The van der Waals surface area contributed by atoms with Crippen LogP contribution < -0.4 is 5.73 Å². The van der Waals surface area contributed by atoms with E-state index in [2.05, 4.69) is 24.9 Å². The van der Waals surface area contributed by atoms with E-state index >= 15 is 0 Å². The lowest BCUT2D eigenvalue weighted by molar-refractivity contribution is 1.26. The number of nitrogens with zero attached hydrogens (tertiary/aromatic N) is 1. The second-order valence-electron chi connectivity index (χ2n) is 3.13. The topological polar surface area (TPSA) is 38.9 Å². The van der Waals surface area contributed by atoms with Gasteiger partial charge in [-0.2, -0.15) is 0 Å². The van der Waals surface area contributed by atoms with Crippen molar-refractivity contribution in [3.05, 3.63) is 29.0 Å². The van der Waals surface area contributed by atoms with Crippen molar-refractivity contribution in [2.45, 2.75) is 34.6 Å². The molecular formula is C12H20N2. The molecule has 1 rings (SSSR count). The fourth-order valence-electron chi connectivity index (χ4n) is 1.03.